The molecular weight excluding hydrogens is 196 g/mol. The Labute approximate surface area is 96.5 Å². The number of carbonyl (C=O) groups excluding carboxylic acids is 1. The number of allylic oxidation sites excluding steroid dienone is 3. The van der Waals surface area contributed by atoms with Crippen LogP contribution in [0.4, 0.5) is 0 Å². The maximum atomic E-state index is 12.2. The van der Waals surface area contributed by atoms with Crippen LogP contribution in [0.3, 0.4) is 0 Å². The van der Waals surface area contributed by atoms with Crippen LogP contribution < -0.4 is 0 Å². The van der Waals surface area contributed by atoms with Crippen LogP contribution in [0.2, 0.25) is 0 Å². The van der Waals surface area contributed by atoms with Gasteiger partial charge in [-0.15, -0.1) is 6.58 Å². The predicted octanol–water partition coefficient (Wildman–Crippen LogP) is 3.42. The summed E-state index contributed by atoms with van der Waals surface area (Å²) >= 11 is 0. The summed E-state index contributed by atoms with van der Waals surface area (Å²) in [5, 5.41) is 0. The van der Waals surface area contributed by atoms with Crippen LogP contribution in [0.5, 0.6) is 0 Å². The third-order valence-electron chi connectivity index (χ3n) is 3.19. The van der Waals surface area contributed by atoms with Gasteiger partial charge in [0.15, 0.2) is 0 Å². The number of rotatable bonds is 3. The van der Waals surface area contributed by atoms with Gasteiger partial charge in [0.25, 0.3) is 0 Å². The van der Waals surface area contributed by atoms with E-state index in [4.69, 9.17) is 0 Å². The Morgan fingerprint density at radius 1 is 1.31 bits per heavy atom. The monoisotopic (exact) mass is 212 g/mol. The molecule has 0 saturated carbocycles. The van der Waals surface area contributed by atoms with E-state index in [0.717, 1.165) is 12.0 Å². The van der Waals surface area contributed by atoms with Gasteiger partial charge in [-0.05, 0) is 18.4 Å². The van der Waals surface area contributed by atoms with Gasteiger partial charge in [0.05, 0.1) is 5.41 Å². The fraction of sp³-hybridized carbons (Fsp3) is 0.267. The normalized spacial score (nSPS) is 24.4. The van der Waals surface area contributed by atoms with Crippen molar-refractivity contribution in [3.05, 3.63) is 60.7 Å². The van der Waals surface area contributed by atoms with E-state index in [1.54, 1.807) is 0 Å². The Hall–Kier alpha value is -1.63. The molecule has 1 aromatic carbocycles. The molecule has 0 spiro atoms. The average Bonchev–Trinajstić information content (AvgIpc) is 2.34. The van der Waals surface area contributed by atoms with Crippen LogP contribution in [0.1, 0.15) is 24.8 Å². The molecular formula is C15H16O. The van der Waals surface area contributed by atoms with Gasteiger partial charge in [0, 0.05) is 6.42 Å². The Morgan fingerprint density at radius 2 is 2.06 bits per heavy atom. The smallest absolute Gasteiger partial charge is 0.147 e. The van der Waals surface area contributed by atoms with Crippen molar-refractivity contribution in [3.8, 4) is 0 Å². The number of carbonyl (C=O) groups is 1. The lowest BCUT2D eigenvalue weighted by molar-refractivity contribution is -0.123. The second kappa shape index (κ2) is 4.48. The highest BCUT2D eigenvalue weighted by molar-refractivity contribution is 5.93. The van der Waals surface area contributed by atoms with Crippen molar-refractivity contribution in [3.63, 3.8) is 0 Å². The van der Waals surface area contributed by atoms with Gasteiger partial charge in [-0.3, -0.25) is 4.79 Å². The van der Waals surface area contributed by atoms with Crippen LogP contribution in [0, 0.1) is 0 Å². The van der Waals surface area contributed by atoms with Gasteiger partial charge in [0.1, 0.15) is 5.78 Å². The first-order chi connectivity index (χ1) is 7.79. The summed E-state index contributed by atoms with van der Waals surface area (Å²) in [5.41, 5.74) is 0.622. The molecule has 0 amide bonds. The minimum atomic E-state index is -0.457. The van der Waals surface area contributed by atoms with Gasteiger partial charge in [0.2, 0.25) is 0 Å². The van der Waals surface area contributed by atoms with E-state index in [2.05, 4.69) is 18.7 Å². The maximum absolute atomic E-state index is 12.2. The Morgan fingerprint density at radius 3 is 2.69 bits per heavy atom. The first-order valence-corrected chi connectivity index (χ1v) is 5.67. The lowest BCUT2D eigenvalue weighted by atomic mass is 9.70. The second-order valence-corrected chi connectivity index (χ2v) is 4.19. The maximum Gasteiger partial charge on any atom is 0.147 e. The lowest BCUT2D eigenvalue weighted by Crippen LogP contribution is -2.35. The van der Waals surface area contributed by atoms with Crippen LogP contribution in [-0.4, -0.2) is 5.78 Å². The molecule has 1 heteroatoms. The van der Waals surface area contributed by atoms with E-state index in [1.807, 2.05) is 36.4 Å². The van der Waals surface area contributed by atoms with E-state index in [0.29, 0.717) is 18.6 Å². The quantitative estimate of drug-likeness (QED) is 0.702. The molecule has 0 heterocycles. The highest BCUT2D eigenvalue weighted by Crippen LogP contribution is 2.35. The van der Waals surface area contributed by atoms with Gasteiger partial charge >= 0.3 is 0 Å². The molecule has 82 valence electrons. The first-order valence-electron chi connectivity index (χ1n) is 5.67. The minimum absolute atomic E-state index is 0.307. The van der Waals surface area contributed by atoms with Gasteiger partial charge in [-0.2, -0.15) is 0 Å². The number of Topliss-reactive ketones (excluding diaryl/α,β-unsaturated/α-hetero) is 1. The molecule has 1 aliphatic carbocycles. The van der Waals surface area contributed by atoms with Crippen molar-refractivity contribution in [2.75, 3.05) is 0 Å². The van der Waals surface area contributed by atoms with Crippen molar-refractivity contribution in [1.82, 2.24) is 0 Å². The SMILES string of the molecule is C=CCC1(c2ccccc2)C=CCCC1=O. The van der Waals surface area contributed by atoms with E-state index < -0.39 is 5.41 Å². The third kappa shape index (κ3) is 1.73. The summed E-state index contributed by atoms with van der Waals surface area (Å²) in [4.78, 5) is 12.2. The molecule has 16 heavy (non-hydrogen) atoms. The van der Waals surface area contributed by atoms with E-state index in [-0.39, 0.29) is 0 Å². The zero-order valence-corrected chi connectivity index (χ0v) is 9.36. The summed E-state index contributed by atoms with van der Waals surface area (Å²) in [6, 6.07) is 9.99. The zero-order valence-electron chi connectivity index (χ0n) is 9.36. The van der Waals surface area contributed by atoms with Crippen molar-refractivity contribution < 1.29 is 4.79 Å². The van der Waals surface area contributed by atoms with E-state index in [1.165, 1.54) is 0 Å². The third-order valence-corrected chi connectivity index (χ3v) is 3.19. The van der Waals surface area contributed by atoms with Crippen molar-refractivity contribution in [2.24, 2.45) is 0 Å². The molecule has 0 radical (unpaired) electrons. The average molecular weight is 212 g/mol. The van der Waals surface area contributed by atoms with Gasteiger partial charge in [-0.25, -0.2) is 0 Å². The largest absolute Gasteiger partial charge is 0.298 e. The first kappa shape index (κ1) is 10.9. The summed E-state index contributed by atoms with van der Waals surface area (Å²) in [6.45, 7) is 3.77. The van der Waals surface area contributed by atoms with E-state index >= 15 is 0 Å². The number of hydrogen-bond acceptors (Lipinski definition) is 1. The predicted molar refractivity (Wildman–Crippen MR) is 66.3 cm³/mol. The molecule has 2 rings (SSSR count). The molecule has 1 nitrogen and oxygen atoms in total. The molecule has 0 aliphatic heterocycles. The number of benzene rings is 1. The number of ketones is 1. The fourth-order valence-electron chi connectivity index (χ4n) is 2.34. The molecule has 1 aromatic rings. The molecule has 1 aliphatic rings. The minimum Gasteiger partial charge on any atom is -0.298 e. The van der Waals surface area contributed by atoms with Crippen molar-refractivity contribution in [2.45, 2.75) is 24.7 Å². The van der Waals surface area contributed by atoms with Gasteiger partial charge in [-0.1, -0.05) is 48.6 Å². The molecule has 0 N–H and O–H groups in total. The molecule has 0 aromatic heterocycles. The van der Waals surface area contributed by atoms with Crippen LogP contribution in [0.15, 0.2) is 55.1 Å². The molecule has 0 bridgehead atoms. The van der Waals surface area contributed by atoms with Crippen molar-refractivity contribution >= 4 is 5.78 Å². The Balaban J connectivity index is 2.50. The highest BCUT2D eigenvalue weighted by atomic mass is 16.1. The molecule has 1 unspecified atom stereocenters. The number of hydrogen-bond donors (Lipinski definition) is 0. The standard InChI is InChI=1S/C15H16O/c1-2-11-15(12-7-6-10-14(15)16)13-8-4-3-5-9-13/h2-5,7-9,12H,1,6,10-11H2. The molecule has 0 saturated heterocycles. The summed E-state index contributed by atoms with van der Waals surface area (Å²) in [6.07, 6.45) is 8.18. The topological polar surface area (TPSA) is 17.1 Å². The zero-order chi connectivity index (χ0) is 11.4. The second-order valence-electron chi connectivity index (χ2n) is 4.19. The lowest BCUT2D eigenvalue weighted by Gasteiger charge is -2.31. The summed E-state index contributed by atoms with van der Waals surface area (Å²) < 4.78 is 0. The summed E-state index contributed by atoms with van der Waals surface area (Å²) in [5.74, 6) is 0.307. The van der Waals surface area contributed by atoms with Crippen LogP contribution in [0.25, 0.3) is 0 Å². The van der Waals surface area contributed by atoms with Gasteiger partial charge < -0.3 is 0 Å². The Kier molecular flexibility index (Phi) is 3.04. The fourth-order valence-corrected chi connectivity index (χ4v) is 2.34. The van der Waals surface area contributed by atoms with Crippen molar-refractivity contribution in [1.29, 1.82) is 0 Å². The highest BCUT2D eigenvalue weighted by Gasteiger charge is 2.36. The summed E-state index contributed by atoms with van der Waals surface area (Å²) in [7, 11) is 0. The molecule has 1 atom stereocenters. The van der Waals surface area contributed by atoms with Crippen LogP contribution >= 0.6 is 0 Å². The Bertz CT molecular complexity index is 416. The van der Waals surface area contributed by atoms with E-state index in [9.17, 15) is 4.79 Å². The van der Waals surface area contributed by atoms with Crippen LogP contribution in [-0.2, 0) is 10.2 Å². The molecule has 0 fully saturated rings.